The zero-order chi connectivity index (χ0) is 15.3. The zero-order valence-electron chi connectivity index (χ0n) is 12.3. The molecule has 3 nitrogen and oxygen atoms in total. The predicted octanol–water partition coefficient (Wildman–Crippen LogP) is 4.23. The monoisotopic (exact) mass is 361 g/mol. The maximum atomic E-state index is 12.0. The highest BCUT2D eigenvalue weighted by Gasteiger charge is 2.18. The standard InChI is InChI=1S/C15H21BrClNO2/c1-15(2,3)8-11(17)9-18-14(19)10-5-6-13(20-4)12(16)7-10/h5-7,11H,8-9H2,1-4H3,(H,18,19). The van der Waals surface area contributed by atoms with E-state index in [0.717, 1.165) is 10.9 Å². The Hall–Kier alpha value is -0.740. The second-order valence-electron chi connectivity index (χ2n) is 5.92. The summed E-state index contributed by atoms with van der Waals surface area (Å²) in [5.74, 6) is 0.567. The Balaban J connectivity index is 2.57. The average molecular weight is 363 g/mol. The number of alkyl halides is 1. The number of benzene rings is 1. The normalized spacial score (nSPS) is 12.9. The highest BCUT2D eigenvalue weighted by atomic mass is 79.9. The number of hydrogen-bond donors (Lipinski definition) is 1. The summed E-state index contributed by atoms with van der Waals surface area (Å²) in [4.78, 5) is 12.0. The van der Waals surface area contributed by atoms with Gasteiger partial charge in [0.1, 0.15) is 5.75 Å². The van der Waals surface area contributed by atoms with Crippen molar-refractivity contribution in [2.75, 3.05) is 13.7 Å². The van der Waals surface area contributed by atoms with Crippen LogP contribution in [0.1, 0.15) is 37.6 Å². The van der Waals surface area contributed by atoms with Crippen molar-refractivity contribution in [1.82, 2.24) is 5.32 Å². The summed E-state index contributed by atoms with van der Waals surface area (Å²) in [5.41, 5.74) is 0.734. The molecule has 0 spiro atoms. The van der Waals surface area contributed by atoms with E-state index in [4.69, 9.17) is 16.3 Å². The zero-order valence-corrected chi connectivity index (χ0v) is 14.6. The van der Waals surface area contributed by atoms with Gasteiger partial charge in [0.15, 0.2) is 0 Å². The van der Waals surface area contributed by atoms with Crippen LogP contribution in [0.15, 0.2) is 22.7 Å². The van der Waals surface area contributed by atoms with Gasteiger partial charge in [-0.05, 0) is 46.0 Å². The highest BCUT2D eigenvalue weighted by Crippen LogP contribution is 2.26. The molecule has 1 aromatic carbocycles. The maximum absolute atomic E-state index is 12.0. The fourth-order valence-electron chi connectivity index (χ4n) is 1.85. The van der Waals surface area contributed by atoms with E-state index in [9.17, 15) is 4.79 Å². The summed E-state index contributed by atoms with van der Waals surface area (Å²) in [6.07, 6.45) is 0.848. The van der Waals surface area contributed by atoms with E-state index in [1.165, 1.54) is 0 Å². The van der Waals surface area contributed by atoms with Crippen LogP contribution in [-0.2, 0) is 0 Å². The molecule has 0 aliphatic carbocycles. The smallest absolute Gasteiger partial charge is 0.251 e. The van der Waals surface area contributed by atoms with Crippen LogP contribution in [0, 0.1) is 5.41 Å². The molecule has 1 unspecified atom stereocenters. The molecular weight excluding hydrogens is 342 g/mol. The number of amides is 1. The molecule has 0 bridgehead atoms. The number of hydrogen-bond acceptors (Lipinski definition) is 2. The third-order valence-corrected chi connectivity index (χ3v) is 3.66. The third kappa shape index (κ3) is 5.71. The molecule has 1 aromatic rings. The third-order valence-electron chi connectivity index (χ3n) is 2.73. The predicted molar refractivity (Wildman–Crippen MR) is 86.7 cm³/mol. The van der Waals surface area contributed by atoms with Crippen LogP contribution in [0.5, 0.6) is 5.75 Å². The van der Waals surface area contributed by atoms with Gasteiger partial charge in [-0.25, -0.2) is 0 Å². The first-order valence-electron chi connectivity index (χ1n) is 6.49. The maximum Gasteiger partial charge on any atom is 0.251 e. The lowest BCUT2D eigenvalue weighted by atomic mass is 9.90. The molecular formula is C15H21BrClNO2. The molecule has 0 aliphatic rings. The van der Waals surface area contributed by atoms with E-state index in [-0.39, 0.29) is 16.7 Å². The molecule has 112 valence electrons. The van der Waals surface area contributed by atoms with Crippen molar-refractivity contribution in [3.63, 3.8) is 0 Å². The van der Waals surface area contributed by atoms with Crippen molar-refractivity contribution in [3.8, 4) is 5.75 Å². The minimum absolute atomic E-state index is 0.0689. The van der Waals surface area contributed by atoms with Gasteiger partial charge in [-0.3, -0.25) is 4.79 Å². The van der Waals surface area contributed by atoms with Gasteiger partial charge in [0.2, 0.25) is 0 Å². The minimum Gasteiger partial charge on any atom is -0.496 e. The summed E-state index contributed by atoms with van der Waals surface area (Å²) in [7, 11) is 1.59. The quantitative estimate of drug-likeness (QED) is 0.796. The first-order valence-corrected chi connectivity index (χ1v) is 7.71. The van der Waals surface area contributed by atoms with Gasteiger partial charge in [0.05, 0.1) is 17.0 Å². The minimum atomic E-state index is -0.132. The Labute approximate surface area is 134 Å². The second kappa shape index (κ2) is 7.32. The first-order chi connectivity index (χ1) is 9.23. The Kier molecular flexibility index (Phi) is 6.34. The molecule has 0 radical (unpaired) electrons. The van der Waals surface area contributed by atoms with Crippen molar-refractivity contribution in [1.29, 1.82) is 0 Å². The van der Waals surface area contributed by atoms with Crippen LogP contribution >= 0.6 is 27.5 Å². The molecule has 0 fully saturated rings. The van der Waals surface area contributed by atoms with Crippen molar-refractivity contribution < 1.29 is 9.53 Å². The second-order valence-corrected chi connectivity index (χ2v) is 7.39. The van der Waals surface area contributed by atoms with Crippen molar-refractivity contribution in [2.45, 2.75) is 32.6 Å². The first kappa shape index (κ1) is 17.3. The van der Waals surface area contributed by atoms with Crippen LogP contribution in [-0.4, -0.2) is 24.9 Å². The lowest BCUT2D eigenvalue weighted by molar-refractivity contribution is 0.0952. The Morgan fingerprint density at radius 3 is 2.60 bits per heavy atom. The molecule has 0 heterocycles. The van der Waals surface area contributed by atoms with Gasteiger partial charge in [-0.1, -0.05) is 20.8 Å². The molecule has 1 amide bonds. The van der Waals surface area contributed by atoms with E-state index in [1.807, 2.05) is 0 Å². The van der Waals surface area contributed by atoms with Gasteiger partial charge in [-0.15, -0.1) is 11.6 Å². The van der Waals surface area contributed by atoms with Gasteiger partial charge < -0.3 is 10.1 Å². The molecule has 5 heteroatoms. The molecule has 1 N–H and O–H groups in total. The van der Waals surface area contributed by atoms with Gasteiger partial charge in [0.25, 0.3) is 5.91 Å². The van der Waals surface area contributed by atoms with Crippen LogP contribution in [0.25, 0.3) is 0 Å². The van der Waals surface area contributed by atoms with E-state index in [0.29, 0.717) is 17.9 Å². The Morgan fingerprint density at radius 2 is 2.10 bits per heavy atom. The number of nitrogens with one attached hydrogen (secondary N) is 1. The molecule has 20 heavy (non-hydrogen) atoms. The number of carbonyl (C=O) groups excluding carboxylic acids is 1. The number of halogens is 2. The topological polar surface area (TPSA) is 38.3 Å². The number of carbonyl (C=O) groups is 1. The van der Waals surface area contributed by atoms with E-state index < -0.39 is 0 Å². The lowest BCUT2D eigenvalue weighted by Crippen LogP contribution is -2.31. The summed E-state index contributed by atoms with van der Waals surface area (Å²) in [6.45, 7) is 6.85. The Morgan fingerprint density at radius 1 is 1.45 bits per heavy atom. The van der Waals surface area contributed by atoms with E-state index in [2.05, 4.69) is 42.0 Å². The van der Waals surface area contributed by atoms with Crippen molar-refractivity contribution in [2.24, 2.45) is 5.41 Å². The fourth-order valence-corrected chi connectivity index (χ4v) is 2.93. The van der Waals surface area contributed by atoms with Gasteiger partial charge in [0, 0.05) is 12.1 Å². The number of ether oxygens (including phenoxy) is 1. The van der Waals surface area contributed by atoms with E-state index >= 15 is 0 Å². The number of rotatable bonds is 5. The van der Waals surface area contributed by atoms with Crippen molar-refractivity contribution in [3.05, 3.63) is 28.2 Å². The number of methoxy groups -OCH3 is 1. The molecule has 0 saturated carbocycles. The van der Waals surface area contributed by atoms with Crippen LogP contribution < -0.4 is 10.1 Å². The molecule has 0 aromatic heterocycles. The van der Waals surface area contributed by atoms with E-state index in [1.54, 1.807) is 25.3 Å². The van der Waals surface area contributed by atoms with Crippen molar-refractivity contribution >= 4 is 33.4 Å². The summed E-state index contributed by atoms with van der Waals surface area (Å²) >= 11 is 9.60. The van der Waals surface area contributed by atoms with Gasteiger partial charge in [-0.2, -0.15) is 0 Å². The van der Waals surface area contributed by atoms with Crippen LogP contribution in [0.4, 0.5) is 0 Å². The Bertz CT molecular complexity index is 471. The van der Waals surface area contributed by atoms with Crippen LogP contribution in [0.2, 0.25) is 0 Å². The molecule has 0 saturated heterocycles. The van der Waals surface area contributed by atoms with Gasteiger partial charge >= 0.3 is 0 Å². The largest absolute Gasteiger partial charge is 0.496 e. The molecule has 1 rings (SSSR count). The lowest BCUT2D eigenvalue weighted by Gasteiger charge is -2.22. The molecule has 0 aliphatic heterocycles. The molecule has 1 atom stereocenters. The highest BCUT2D eigenvalue weighted by molar-refractivity contribution is 9.10. The fraction of sp³-hybridized carbons (Fsp3) is 0.533. The summed E-state index contributed by atoms with van der Waals surface area (Å²) in [5, 5.41) is 2.78. The summed E-state index contributed by atoms with van der Waals surface area (Å²) in [6, 6.07) is 5.22. The SMILES string of the molecule is COc1ccc(C(=O)NCC(Cl)CC(C)(C)C)cc1Br. The van der Waals surface area contributed by atoms with Crippen LogP contribution in [0.3, 0.4) is 0 Å². The average Bonchev–Trinajstić information content (AvgIpc) is 2.33. The summed E-state index contributed by atoms with van der Waals surface area (Å²) < 4.78 is 5.89.